The summed E-state index contributed by atoms with van der Waals surface area (Å²) in [4.78, 5) is 1.28. The summed E-state index contributed by atoms with van der Waals surface area (Å²) in [5.41, 5.74) is 1.97. The highest BCUT2D eigenvalue weighted by atomic mass is 79.9. The molecule has 1 aromatic heterocycles. The van der Waals surface area contributed by atoms with Gasteiger partial charge in [-0.2, -0.15) is 0 Å². The van der Waals surface area contributed by atoms with Crippen molar-refractivity contribution in [3.63, 3.8) is 0 Å². The van der Waals surface area contributed by atoms with Crippen molar-refractivity contribution in [1.82, 2.24) is 0 Å². The number of hydrogen-bond donors (Lipinski definition) is 2. The number of benzene rings is 1. The zero-order chi connectivity index (χ0) is 11.4. The fourth-order valence-electron chi connectivity index (χ4n) is 1.42. The van der Waals surface area contributed by atoms with Crippen LogP contribution in [0.3, 0.4) is 0 Å². The van der Waals surface area contributed by atoms with E-state index in [0.717, 1.165) is 21.6 Å². The van der Waals surface area contributed by atoms with Crippen LogP contribution < -0.4 is 5.32 Å². The van der Waals surface area contributed by atoms with Crippen LogP contribution in [0.2, 0.25) is 0 Å². The van der Waals surface area contributed by atoms with Gasteiger partial charge in [-0.05, 0) is 45.8 Å². The molecule has 0 saturated heterocycles. The van der Waals surface area contributed by atoms with Crippen molar-refractivity contribution in [3.8, 4) is 0 Å². The normalized spacial score (nSPS) is 10.4. The Hall–Kier alpha value is -0.840. The molecular formula is C12H12BrNOS. The highest BCUT2D eigenvalue weighted by Crippen LogP contribution is 2.23. The van der Waals surface area contributed by atoms with Gasteiger partial charge in [0, 0.05) is 17.1 Å². The van der Waals surface area contributed by atoms with Gasteiger partial charge in [0.05, 0.1) is 10.4 Å². The van der Waals surface area contributed by atoms with Gasteiger partial charge >= 0.3 is 0 Å². The predicted octanol–water partition coefficient (Wildman–Crippen LogP) is 3.62. The summed E-state index contributed by atoms with van der Waals surface area (Å²) in [6, 6.07) is 12.0. The third-order valence-electron chi connectivity index (χ3n) is 2.21. The average Bonchev–Trinajstić information content (AvgIpc) is 2.73. The summed E-state index contributed by atoms with van der Waals surface area (Å²) in [5.74, 6) is 0. The van der Waals surface area contributed by atoms with Crippen LogP contribution in [-0.4, -0.2) is 5.11 Å². The van der Waals surface area contributed by atoms with Crippen LogP contribution in [0.25, 0.3) is 0 Å². The number of anilines is 1. The third kappa shape index (κ3) is 3.07. The number of thiophene rings is 1. The summed E-state index contributed by atoms with van der Waals surface area (Å²) in [6.07, 6.45) is 0. The molecule has 0 aliphatic heterocycles. The summed E-state index contributed by atoms with van der Waals surface area (Å²) >= 11 is 5.16. The number of hydrogen-bond acceptors (Lipinski definition) is 3. The summed E-state index contributed by atoms with van der Waals surface area (Å²) in [7, 11) is 0. The molecule has 0 unspecified atom stereocenters. The van der Waals surface area contributed by atoms with Crippen molar-refractivity contribution in [2.75, 3.05) is 5.32 Å². The Morgan fingerprint density at radius 3 is 2.81 bits per heavy atom. The molecular weight excluding hydrogens is 286 g/mol. The number of nitrogens with one attached hydrogen (secondary N) is 1. The quantitative estimate of drug-likeness (QED) is 0.903. The van der Waals surface area contributed by atoms with Crippen molar-refractivity contribution in [1.29, 1.82) is 0 Å². The van der Waals surface area contributed by atoms with Gasteiger partial charge in [-0.25, -0.2) is 0 Å². The Kier molecular flexibility index (Phi) is 3.98. The van der Waals surface area contributed by atoms with Crippen LogP contribution in [0.4, 0.5) is 5.69 Å². The van der Waals surface area contributed by atoms with Crippen LogP contribution in [0.5, 0.6) is 0 Å². The number of rotatable bonds is 4. The van der Waals surface area contributed by atoms with Gasteiger partial charge in [0.15, 0.2) is 0 Å². The Labute approximate surface area is 107 Å². The fourth-order valence-corrected chi connectivity index (χ4v) is 2.84. The lowest BCUT2D eigenvalue weighted by Gasteiger charge is -2.05. The molecule has 2 aromatic rings. The minimum atomic E-state index is 0.0834. The van der Waals surface area contributed by atoms with Gasteiger partial charge in [0.1, 0.15) is 0 Å². The Morgan fingerprint density at radius 1 is 1.25 bits per heavy atom. The van der Waals surface area contributed by atoms with Gasteiger partial charge in [-0.15, -0.1) is 11.3 Å². The van der Waals surface area contributed by atoms with E-state index in [9.17, 15) is 0 Å². The first-order valence-corrected chi connectivity index (χ1v) is 6.57. The highest BCUT2D eigenvalue weighted by molar-refractivity contribution is 9.11. The van der Waals surface area contributed by atoms with E-state index in [-0.39, 0.29) is 6.61 Å². The first kappa shape index (κ1) is 11.6. The predicted molar refractivity (Wildman–Crippen MR) is 71.7 cm³/mol. The maximum Gasteiger partial charge on any atom is 0.0702 e. The zero-order valence-electron chi connectivity index (χ0n) is 8.61. The molecule has 2 N–H and O–H groups in total. The van der Waals surface area contributed by atoms with Crippen molar-refractivity contribution < 1.29 is 5.11 Å². The van der Waals surface area contributed by atoms with Crippen molar-refractivity contribution in [2.24, 2.45) is 0 Å². The van der Waals surface area contributed by atoms with Gasteiger partial charge in [-0.3, -0.25) is 0 Å². The van der Waals surface area contributed by atoms with Gasteiger partial charge in [0.25, 0.3) is 0 Å². The largest absolute Gasteiger partial charge is 0.392 e. The van der Waals surface area contributed by atoms with Crippen molar-refractivity contribution in [3.05, 3.63) is 50.6 Å². The van der Waals surface area contributed by atoms with Gasteiger partial charge < -0.3 is 10.4 Å². The highest BCUT2D eigenvalue weighted by Gasteiger charge is 1.98. The summed E-state index contributed by atoms with van der Waals surface area (Å²) in [6.45, 7) is 0.894. The SMILES string of the molecule is OCc1cccc(NCc2ccc(Br)s2)c1. The molecule has 1 heterocycles. The lowest BCUT2D eigenvalue weighted by Crippen LogP contribution is -1.97. The molecule has 0 radical (unpaired) electrons. The molecule has 0 aliphatic rings. The van der Waals surface area contributed by atoms with Crippen LogP contribution in [0, 0.1) is 0 Å². The maximum absolute atomic E-state index is 9.02. The van der Waals surface area contributed by atoms with Crippen LogP contribution in [0.1, 0.15) is 10.4 Å². The molecule has 0 spiro atoms. The van der Waals surface area contributed by atoms with E-state index in [4.69, 9.17) is 5.11 Å². The molecule has 0 atom stereocenters. The molecule has 0 fully saturated rings. The van der Waals surface area contributed by atoms with Crippen molar-refractivity contribution >= 4 is 33.0 Å². The van der Waals surface area contributed by atoms with Crippen LogP contribution in [-0.2, 0) is 13.2 Å². The minimum Gasteiger partial charge on any atom is -0.392 e. The van der Waals surface area contributed by atoms with Gasteiger partial charge in [0.2, 0.25) is 0 Å². The maximum atomic E-state index is 9.02. The average molecular weight is 298 g/mol. The zero-order valence-corrected chi connectivity index (χ0v) is 11.0. The first-order valence-electron chi connectivity index (χ1n) is 4.96. The molecule has 4 heteroatoms. The smallest absolute Gasteiger partial charge is 0.0702 e. The molecule has 84 valence electrons. The van der Waals surface area contributed by atoms with Crippen molar-refractivity contribution in [2.45, 2.75) is 13.2 Å². The molecule has 2 nitrogen and oxygen atoms in total. The van der Waals surface area contributed by atoms with E-state index in [1.165, 1.54) is 4.88 Å². The standard InChI is InChI=1S/C12H12BrNOS/c13-12-5-4-11(16-12)7-14-10-3-1-2-9(6-10)8-15/h1-6,14-15H,7-8H2. The minimum absolute atomic E-state index is 0.0834. The summed E-state index contributed by atoms with van der Waals surface area (Å²) < 4.78 is 1.15. The van der Waals surface area contributed by atoms with E-state index in [0.29, 0.717) is 0 Å². The number of aliphatic hydroxyl groups excluding tert-OH is 1. The fraction of sp³-hybridized carbons (Fsp3) is 0.167. The van der Waals surface area contributed by atoms with E-state index < -0.39 is 0 Å². The molecule has 16 heavy (non-hydrogen) atoms. The first-order chi connectivity index (χ1) is 7.78. The van der Waals surface area contributed by atoms with E-state index in [1.807, 2.05) is 30.3 Å². The number of halogens is 1. The summed E-state index contributed by atoms with van der Waals surface area (Å²) in [5, 5.41) is 12.3. The lowest BCUT2D eigenvalue weighted by molar-refractivity contribution is 0.282. The Bertz CT molecular complexity index is 470. The Balaban J connectivity index is 1.99. The molecule has 0 saturated carbocycles. The molecule has 0 amide bonds. The second kappa shape index (κ2) is 5.48. The second-order valence-electron chi connectivity index (χ2n) is 3.42. The molecule has 2 rings (SSSR count). The molecule has 1 aromatic carbocycles. The van der Waals surface area contributed by atoms with E-state index >= 15 is 0 Å². The monoisotopic (exact) mass is 297 g/mol. The Morgan fingerprint density at radius 2 is 2.12 bits per heavy atom. The van der Waals surface area contributed by atoms with E-state index in [1.54, 1.807) is 11.3 Å². The topological polar surface area (TPSA) is 32.3 Å². The van der Waals surface area contributed by atoms with Gasteiger partial charge in [-0.1, -0.05) is 12.1 Å². The van der Waals surface area contributed by atoms with Crippen LogP contribution in [0.15, 0.2) is 40.2 Å². The van der Waals surface area contributed by atoms with E-state index in [2.05, 4.69) is 27.3 Å². The molecule has 0 bridgehead atoms. The number of aliphatic hydroxyl groups is 1. The lowest BCUT2D eigenvalue weighted by atomic mass is 10.2. The second-order valence-corrected chi connectivity index (χ2v) is 5.97. The third-order valence-corrected chi connectivity index (χ3v) is 3.83. The van der Waals surface area contributed by atoms with Crippen LogP contribution >= 0.6 is 27.3 Å². The molecule has 0 aliphatic carbocycles.